The second kappa shape index (κ2) is 18.1. The van der Waals surface area contributed by atoms with E-state index in [2.05, 4.69) is 111 Å². The van der Waals surface area contributed by atoms with Crippen molar-refractivity contribution >= 4 is 11.4 Å². The fraction of sp³-hybridized carbons (Fsp3) is 0.452. The molecule has 2 N–H and O–H groups in total. The maximum absolute atomic E-state index is 4.58. The van der Waals surface area contributed by atoms with E-state index in [-0.39, 0.29) is 50.7 Å². The zero-order chi connectivity index (χ0) is 25.4. The average Bonchev–Trinajstić information content (AvgIpc) is 2.81. The molecule has 0 fully saturated rings. The van der Waals surface area contributed by atoms with Crippen LogP contribution in [0.5, 0.6) is 0 Å². The quantitative estimate of drug-likeness (QED) is 0.301. The first kappa shape index (κ1) is 36.6. The van der Waals surface area contributed by atoms with Crippen molar-refractivity contribution in [3.8, 4) is 0 Å². The predicted molar refractivity (Wildman–Crippen MR) is 152 cm³/mol. The molecule has 38 heavy (non-hydrogen) atoms. The van der Waals surface area contributed by atoms with Crippen LogP contribution in [0.4, 0.5) is 11.4 Å². The first-order valence-electron chi connectivity index (χ1n) is 13.1. The van der Waals surface area contributed by atoms with Gasteiger partial charge < -0.3 is 44.6 Å². The summed E-state index contributed by atoms with van der Waals surface area (Å²) in [5, 5.41) is 7.51. The van der Waals surface area contributed by atoms with Gasteiger partial charge in [-0.3, -0.25) is 9.88 Å². The summed E-state index contributed by atoms with van der Waals surface area (Å²) in [6.07, 6.45) is 1.89. The number of para-hydroxylation sites is 1. The Bertz CT molecular complexity index is 1040. The molecule has 3 aromatic rings. The van der Waals surface area contributed by atoms with Crippen molar-refractivity contribution in [2.45, 2.75) is 66.8 Å². The third-order valence-corrected chi connectivity index (χ3v) is 6.64. The molecule has 0 unspecified atom stereocenters. The summed E-state index contributed by atoms with van der Waals surface area (Å²) in [6, 6.07) is 17.3. The Morgan fingerprint density at radius 2 is 1.26 bits per heavy atom. The molecule has 0 aliphatic carbocycles. The van der Waals surface area contributed by atoms with Crippen LogP contribution in [0.25, 0.3) is 0 Å². The average molecular weight is 691 g/mol. The van der Waals surface area contributed by atoms with Crippen molar-refractivity contribution in [2.24, 2.45) is 0 Å². The van der Waals surface area contributed by atoms with Gasteiger partial charge in [-0.15, -0.1) is 0 Å². The zero-order valence-corrected chi connectivity index (χ0v) is 28.1. The van der Waals surface area contributed by atoms with Crippen molar-refractivity contribution < 1.29 is 50.7 Å². The van der Waals surface area contributed by atoms with Crippen molar-refractivity contribution in [3.63, 3.8) is 0 Å². The van der Waals surface area contributed by atoms with Crippen molar-refractivity contribution in [2.75, 3.05) is 36.8 Å². The Labute approximate surface area is 262 Å². The topological polar surface area (TPSA) is 40.2 Å². The van der Waals surface area contributed by atoms with Gasteiger partial charge in [-0.05, 0) is 67.0 Å². The molecule has 1 aromatic heterocycles. The number of hydrogen-bond donors (Lipinski definition) is 2. The third-order valence-electron chi connectivity index (χ3n) is 6.64. The molecule has 0 atom stereocenters. The van der Waals surface area contributed by atoms with Crippen LogP contribution >= 0.6 is 0 Å². The van der Waals surface area contributed by atoms with E-state index >= 15 is 0 Å². The van der Waals surface area contributed by atoms with Gasteiger partial charge in [0.25, 0.3) is 0 Å². The van der Waals surface area contributed by atoms with Crippen LogP contribution in [0.15, 0.2) is 54.7 Å². The maximum Gasteiger partial charge on any atom is 2.00 e. The van der Waals surface area contributed by atoms with Crippen LogP contribution in [0.3, 0.4) is 0 Å². The normalized spacial score (nSPS) is 10.6. The van der Waals surface area contributed by atoms with Crippen molar-refractivity contribution in [3.05, 3.63) is 88.2 Å². The summed E-state index contributed by atoms with van der Waals surface area (Å²) >= 11 is 0. The van der Waals surface area contributed by atoms with E-state index in [1.54, 1.807) is 0 Å². The molecular formula is C31H44Br2CoN4. The first-order chi connectivity index (χ1) is 16.8. The molecule has 0 aliphatic heterocycles. The molecule has 2 aromatic carbocycles. The molecule has 3 rings (SSSR count). The summed E-state index contributed by atoms with van der Waals surface area (Å²) in [5.74, 6) is 0.974. The molecule has 0 saturated heterocycles. The van der Waals surface area contributed by atoms with Gasteiger partial charge in [0.05, 0.1) is 5.69 Å². The van der Waals surface area contributed by atoms with E-state index in [1.165, 1.54) is 39.2 Å². The smallest absolute Gasteiger partial charge is 1.00 e. The summed E-state index contributed by atoms with van der Waals surface area (Å²) < 4.78 is 0. The Balaban J connectivity index is 0.00000456. The van der Waals surface area contributed by atoms with Crippen molar-refractivity contribution in [1.29, 1.82) is 0 Å². The van der Waals surface area contributed by atoms with Crippen LogP contribution in [-0.4, -0.2) is 36.1 Å². The standard InChI is InChI=1S/C31H44N4.2BrH.Co/c1-22(2)28-19-24(5)20-29(23(3)4)31(28)34-16-18-35(21-27-13-8-9-14-32-27)17-15-33-30-25(6)11-10-12-26(30)7;;;/h8-14,19-20,22-23,33-34H,15-18,21H2,1-7H3;2*1H;/q;;;+2/p-2. The molecule has 0 aliphatic rings. The predicted octanol–water partition coefficient (Wildman–Crippen LogP) is 1.29. The second-order valence-corrected chi connectivity index (χ2v) is 10.3. The number of nitrogens with one attached hydrogen (secondary N) is 2. The van der Waals surface area contributed by atoms with E-state index in [0.29, 0.717) is 11.8 Å². The van der Waals surface area contributed by atoms with Gasteiger partial charge in [-0.2, -0.15) is 0 Å². The Morgan fingerprint density at radius 1 is 0.737 bits per heavy atom. The molecule has 4 nitrogen and oxygen atoms in total. The minimum atomic E-state index is 0. The Hall–Kier alpha value is -1.38. The maximum atomic E-state index is 4.58. The van der Waals surface area contributed by atoms with Gasteiger partial charge in [0.1, 0.15) is 0 Å². The van der Waals surface area contributed by atoms with Crippen LogP contribution < -0.4 is 44.6 Å². The molecule has 0 bridgehead atoms. The number of hydrogen-bond acceptors (Lipinski definition) is 4. The second-order valence-electron chi connectivity index (χ2n) is 10.3. The SMILES string of the molecule is Cc1cc(C(C)C)c(NCCN(CCNc2c(C)cccc2C)Cc2ccccn2)c(C(C)C)c1.[Br-].[Br-].[Co+2]. The fourth-order valence-corrected chi connectivity index (χ4v) is 4.72. The van der Waals surface area contributed by atoms with Gasteiger partial charge in [-0.25, -0.2) is 0 Å². The van der Waals surface area contributed by atoms with E-state index in [4.69, 9.17) is 0 Å². The van der Waals surface area contributed by atoms with Gasteiger partial charge in [0.15, 0.2) is 0 Å². The van der Waals surface area contributed by atoms with E-state index in [1.807, 2.05) is 12.3 Å². The summed E-state index contributed by atoms with van der Waals surface area (Å²) in [6.45, 7) is 20.3. The monoisotopic (exact) mass is 689 g/mol. The van der Waals surface area contributed by atoms with Gasteiger partial charge in [0, 0.05) is 50.3 Å². The third kappa shape index (κ3) is 10.6. The van der Waals surface area contributed by atoms with E-state index in [0.717, 1.165) is 38.4 Å². The molecule has 0 saturated carbocycles. The van der Waals surface area contributed by atoms with Gasteiger partial charge in [-0.1, -0.05) is 69.7 Å². The minimum absolute atomic E-state index is 0. The number of aryl methyl sites for hydroxylation is 3. The number of nitrogens with zero attached hydrogens (tertiary/aromatic N) is 2. The van der Waals surface area contributed by atoms with Crippen molar-refractivity contribution in [1.82, 2.24) is 9.88 Å². The number of pyridine rings is 1. The van der Waals surface area contributed by atoms with Crippen LogP contribution in [0.1, 0.15) is 73.0 Å². The minimum Gasteiger partial charge on any atom is -1.00 e. The number of anilines is 2. The summed E-state index contributed by atoms with van der Waals surface area (Å²) in [4.78, 5) is 7.08. The molecular weight excluding hydrogens is 647 g/mol. The van der Waals surface area contributed by atoms with E-state index < -0.39 is 0 Å². The van der Waals surface area contributed by atoms with E-state index in [9.17, 15) is 0 Å². The Morgan fingerprint density at radius 3 is 1.74 bits per heavy atom. The number of aromatic nitrogens is 1. The van der Waals surface area contributed by atoms with Crippen LogP contribution in [-0.2, 0) is 23.3 Å². The Kier molecular flexibility index (Phi) is 17.4. The first-order valence-corrected chi connectivity index (χ1v) is 13.1. The van der Waals surface area contributed by atoms with Crippen LogP contribution in [0.2, 0.25) is 0 Å². The number of halogens is 2. The molecule has 0 amide bonds. The molecule has 1 radical (unpaired) electrons. The summed E-state index contributed by atoms with van der Waals surface area (Å²) in [7, 11) is 0. The number of benzene rings is 2. The zero-order valence-electron chi connectivity index (χ0n) is 23.9. The molecule has 7 heteroatoms. The molecule has 1 heterocycles. The van der Waals surface area contributed by atoms with Crippen LogP contribution in [0, 0.1) is 20.8 Å². The summed E-state index contributed by atoms with van der Waals surface area (Å²) in [5.41, 5.74) is 10.5. The fourth-order valence-electron chi connectivity index (χ4n) is 4.72. The largest absolute Gasteiger partial charge is 2.00 e. The molecule has 0 spiro atoms. The molecule has 211 valence electrons. The number of rotatable bonds is 12. The van der Waals surface area contributed by atoms with Gasteiger partial charge >= 0.3 is 16.8 Å². The van der Waals surface area contributed by atoms with Gasteiger partial charge in [0.2, 0.25) is 0 Å².